The molecule has 0 aromatic heterocycles. The van der Waals surface area contributed by atoms with Crippen molar-refractivity contribution < 1.29 is 0 Å². The molecule has 1 aliphatic rings. The van der Waals surface area contributed by atoms with Crippen LogP contribution in [0.1, 0.15) is 12.0 Å². The SMILES string of the molecule is NCC[C@@]1(c2ccccc2)C=CC=CN1. The van der Waals surface area contributed by atoms with Crippen molar-refractivity contribution in [2.45, 2.75) is 12.0 Å². The molecule has 0 aliphatic carbocycles. The molecule has 1 atom stereocenters. The van der Waals surface area contributed by atoms with Gasteiger partial charge in [-0.15, -0.1) is 0 Å². The molecule has 2 heteroatoms. The number of hydrogen-bond acceptors (Lipinski definition) is 2. The molecule has 1 heterocycles. The summed E-state index contributed by atoms with van der Waals surface area (Å²) >= 11 is 0. The summed E-state index contributed by atoms with van der Waals surface area (Å²) in [6.07, 6.45) is 9.12. The molecule has 78 valence electrons. The van der Waals surface area contributed by atoms with Gasteiger partial charge in [-0.1, -0.05) is 42.5 Å². The molecule has 0 radical (unpaired) electrons. The molecule has 1 aromatic rings. The Hall–Kier alpha value is -1.54. The number of rotatable bonds is 3. The molecule has 2 nitrogen and oxygen atoms in total. The third kappa shape index (κ3) is 1.95. The lowest BCUT2D eigenvalue weighted by molar-refractivity contribution is 0.441. The van der Waals surface area contributed by atoms with Gasteiger partial charge >= 0.3 is 0 Å². The first-order valence-corrected chi connectivity index (χ1v) is 5.25. The summed E-state index contributed by atoms with van der Waals surface area (Å²) in [5.41, 5.74) is 6.82. The second-order valence-corrected chi connectivity index (χ2v) is 3.74. The van der Waals surface area contributed by atoms with Crippen LogP contribution in [0.2, 0.25) is 0 Å². The molecule has 0 saturated heterocycles. The average Bonchev–Trinajstić information content (AvgIpc) is 2.32. The Bertz CT molecular complexity index is 367. The van der Waals surface area contributed by atoms with Crippen LogP contribution in [0.4, 0.5) is 0 Å². The molecule has 0 unspecified atom stereocenters. The van der Waals surface area contributed by atoms with Crippen LogP contribution in [-0.4, -0.2) is 6.54 Å². The minimum Gasteiger partial charge on any atom is -0.378 e. The highest BCUT2D eigenvalue weighted by Crippen LogP contribution is 2.27. The van der Waals surface area contributed by atoms with E-state index in [9.17, 15) is 0 Å². The van der Waals surface area contributed by atoms with Crippen LogP contribution in [0, 0.1) is 0 Å². The van der Waals surface area contributed by atoms with E-state index < -0.39 is 0 Å². The van der Waals surface area contributed by atoms with Gasteiger partial charge in [-0.05, 0) is 30.8 Å². The lowest BCUT2D eigenvalue weighted by Crippen LogP contribution is -2.40. The predicted molar refractivity (Wildman–Crippen MR) is 63.2 cm³/mol. The van der Waals surface area contributed by atoms with Gasteiger partial charge in [0.05, 0.1) is 5.54 Å². The smallest absolute Gasteiger partial charge is 0.0819 e. The molecule has 0 bridgehead atoms. The number of nitrogens with one attached hydrogen (secondary N) is 1. The van der Waals surface area contributed by atoms with Gasteiger partial charge in [0.2, 0.25) is 0 Å². The first-order chi connectivity index (χ1) is 7.37. The van der Waals surface area contributed by atoms with E-state index in [1.807, 2.05) is 18.3 Å². The van der Waals surface area contributed by atoms with Gasteiger partial charge in [-0.3, -0.25) is 0 Å². The van der Waals surface area contributed by atoms with Crippen molar-refractivity contribution in [2.75, 3.05) is 6.54 Å². The van der Waals surface area contributed by atoms with Crippen molar-refractivity contribution in [2.24, 2.45) is 5.73 Å². The molecule has 1 aromatic carbocycles. The van der Waals surface area contributed by atoms with E-state index in [-0.39, 0.29) is 5.54 Å². The molecule has 0 fully saturated rings. The maximum absolute atomic E-state index is 5.68. The molecule has 15 heavy (non-hydrogen) atoms. The Morgan fingerprint density at radius 3 is 2.53 bits per heavy atom. The monoisotopic (exact) mass is 200 g/mol. The van der Waals surface area contributed by atoms with E-state index >= 15 is 0 Å². The fourth-order valence-corrected chi connectivity index (χ4v) is 1.96. The van der Waals surface area contributed by atoms with E-state index in [2.05, 4.69) is 41.7 Å². The quantitative estimate of drug-likeness (QED) is 0.782. The standard InChI is InChI=1S/C13H16N2/c14-10-9-13(8-4-5-11-15-13)12-6-2-1-3-7-12/h1-8,11,15H,9-10,14H2/t13-/m1/s1. The fraction of sp³-hybridized carbons (Fsp3) is 0.231. The van der Waals surface area contributed by atoms with E-state index in [1.54, 1.807) is 0 Å². The van der Waals surface area contributed by atoms with Gasteiger partial charge in [0, 0.05) is 0 Å². The van der Waals surface area contributed by atoms with Crippen molar-refractivity contribution in [3.63, 3.8) is 0 Å². The Balaban J connectivity index is 2.35. The third-order valence-electron chi connectivity index (χ3n) is 2.76. The summed E-state index contributed by atoms with van der Waals surface area (Å²) < 4.78 is 0. The summed E-state index contributed by atoms with van der Waals surface area (Å²) in [4.78, 5) is 0. The van der Waals surface area contributed by atoms with Gasteiger partial charge in [0.25, 0.3) is 0 Å². The van der Waals surface area contributed by atoms with E-state index in [4.69, 9.17) is 5.73 Å². The van der Waals surface area contributed by atoms with Gasteiger partial charge in [-0.25, -0.2) is 0 Å². The van der Waals surface area contributed by atoms with Crippen molar-refractivity contribution in [3.8, 4) is 0 Å². The minimum atomic E-state index is -0.120. The Labute approximate surface area is 90.5 Å². The lowest BCUT2D eigenvalue weighted by atomic mass is 9.85. The number of nitrogens with two attached hydrogens (primary N) is 1. The topological polar surface area (TPSA) is 38.0 Å². The second kappa shape index (κ2) is 4.32. The highest BCUT2D eigenvalue weighted by atomic mass is 15.0. The largest absolute Gasteiger partial charge is 0.378 e. The summed E-state index contributed by atoms with van der Waals surface area (Å²) in [5.74, 6) is 0. The molecule has 0 spiro atoms. The van der Waals surface area contributed by atoms with Crippen molar-refractivity contribution >= 4 is 0 Å². The van der Waals surface area contributed by atoms with E-state index in [1.165, 1.54) is 5.56 Å². The number of allylic oxidation sites excluding steroid dienone is 2. The van der Waals surface area contributed by atoms with Crippen molar-refractivity contribution in [1.29, 1.82) is 0 Å². The zero-order valence-electron chi connectivity index (χ0n) is 8.69. The van der Waals surface area contributed by atoms with E-state index in [0.717, 1.165) is 6.42 Å². The van der Waals surface area contributed by atoms with Gasteiger partial charge in [-0.2, -0.15) is 0 Å². The van der Waals surface area contributed by atoms with Crippen LogP contribution < -0.4 is 11.1 Å². The van der Waals surface area contributed by atoms with Gasteiger partial charge in [0.1, 0.15) is 0 Å². The van der Waals surface area contributed by atoms with Crippen molar-refractivity contribution in [3.05, 3.63) is 60.3 Å². The van der Waals surface area contributed by atoms with Crippen LogP contribution in [0.25, 0.3) is 0 Å². The van der Waals surface area contributed by atoms with Crippen LogP contribution in [-0.2, 0) is 5.54 Å². The van der Waals surface area contributed by atoms with Crippen LogP contribution in [0.5, 0.6) is 0 Å². The number of hydrogen-bond donors (Lipinski definition) is 2. The molecule has 1 aliphatic heterocycles. The Morgan fingerprint density at radius 2 is 1.93 bits per heavy atom. The highest BCUT2D eigenvalue weighted by Gasteiger charge is 2.27. The maximum Gasteiger partial charge on any atom is 0.0819 e. The van der Waals surface area contributed by atoms with Gasteiger partial charge in [0.15, 0.2) is 0 Å². The van der Waals surface area contributed by atoms with Crippen molar-refractivity contribution in [1.82, 2.24) is 5.32 Å². The highest BCUT2D eigenvalue weighted by molar-refractivity contribution is 5.34. The zero-order valence-corrected chi connectivity index (χ0v) is 8.69. The predicted octanol–water partition coefficient (Wildman–Crippen LogP) is 1.90. The Morgan fingerprint density at radius 1 is 1.13 bits per heavy atom. The summed E-state index contributed by atoms with van der Waals surface area (Å²) in [5, 5.41) is 3.40. The molecular formula is C13H16N2. The second-order valence-electron chi connectivity index (χ2n) is 3.74. The average molecular weight is 200 g/mol. The first-order valence-electron chi connectivity index (χ1n) is 5.25. The van der Waals surface area contributed by atoms with E-state index in [0.29, 0.717) is 6.54 Å². The molecular weight excluding hydrogens is 184 g/mol. The minimum absolute atomic E-state index is 0.120. The molecule has 0 amide bonds. The maximum atomic E-state index is 5.68. The fourth-order valence-electron chi connectivity index (χ4n) is 1.96. The van der Waals surface area contributed by atoms with Crippen LogP contribution >= 0.6 is 0 Å². The number of benzene rings is 1. The lowest BCUT2D eigenvalue weighted by Gasteiger charge is -2.33. The molecule has 0 saturated carbocycles. The normalized spacial score (nSPS) is 23.8. The van der Waals surface area contributed by atoms with Gasteiger partial charge < -0.3 is 11.1 Å². The summed E-state index contributed by atoms with van der Waals surface area (Å²) in [7, 11) is 0. The first kappa shape index (κ1) is 9.99. The Kier molecular flexibility index (Phi) is 2.88. The van der Waals surface area contributed by atoms with Crippen LogP contribution in [0.3, 0.4) is 0 Å². The summed E-state index contributed by atoms with van der Waals surface area (Å²) in [6, 6.07) is 10.4. The molecule has 3 N–H and O–H groups in total. The summed E-state index contributed by atoms with van der Waals surface area (Å²) in [6.45, 7) is 0.667. The third-order valence-corrected chi connectivity index (χ3v) is 2.76. The zero-order chi connectivity index (χ0) is 10.6. The number of dihydropyridines is 1. The molecule has 2 rings (SSSR count). The van der Waals surface area contributed by atoms with Crippen LogP contribution in [0.15, 0.2) is 54.8 Å².